The van der Waals surface area contributed by atoms with E-state index in [1.807, 2.05) is 26.0 Å². The molecule has 0 unspecified atom stereocenters. The molecular formula is C26H22F3N3O4S. The van der Waals surface area contributed by atoms with Gasteiger partial charge in [-0.2, -0.15) is 23.0 Å². The summed E-state index contributed by atoms with van der Waals surface area (Å²) in [4.78, 5) is 39.0. The van der Waals surface area contributed by atoms with E-state index < -0.39 is 29.2 Å². The molecule has 192 valence electrons. The van der Waals surface area contributed by atoms with E-state index in [0.29, 0.717) is 5.69 Å². The largest absolute Gasteiger partial charge is 0.461 e. The van der Waals surface area contributed by atoms with E-state index >= 15 is 0 Å². The van der Waals surface area contributed by atoms with E-state index in [1.54, 1.807) is 19.1 Å². The number of anilines is 1. The second-order valence-corrected chi connectivity index (χ2v) is 9.29. The number of nitrogens with one attached hydrogen (secondary N) is 1. The van der Waals surface area contributed by atoms with Crippen LogP contribution in [0.4, 0.5) is 18.2 Å². The Labute approximate surface area is 213 Å². The lowest BCUT2D eigenvalue weighted by atomic mass is 10.0. The smallest absolute Gasteiger partial charge is 0.416 e. The number of aromatic nitrogens is 2. The molecule has 0 aliphatic rings. The van der Waals surface area contributed by atoms with Gasteiger partial charge in [-0.1, -0.05) is 26.0 Å². The number of esters is 1. The number of thiophene rings is 1. The molecule has 0 aliphatic carbocycles. The fourth-order valence-electron chi connectivity index (χ4n) is 3.65. The molecule has 0 radical (unpaired) electrons. The Bertz CT molecular complexity index is 1520. The highest BCUT2D eigenvalue weighted by molar-refractivity contribution is 7.16. The number of hydrogen-bond acceptors (Lipinski definition) is 6. The molecule has 1 amide bonds. The first kappa shape index (κ1) is 26.1. The topological polar surface area (TPSA) is 90.3 Å². The highest BCUT2D eigenvalue weighted by Crippen LogP contribution is 2.32. The average molecular weight is 530 g/mol. The van der Waals surface area contributed by atoms with Crippen molar-refractivity contribution in [3.8, 4) is 5.69 Å². The number of hydrogen-bond donors (Lipinski definition) is 1. The lowest BCUT2D eigenvalue weighted by Gasteiger charge is -2.11. The number of alkyl halides is 3. The molecule has 1 N–H and O–H groups in total. The van der Waals surface area contributed by atoms with Gasteiger partial charge in [-0.05, 0) is 54.8 Å². The molecule has 0 spiro atoms. The third kappa shape index (κ3) is 5.26. The molecule has 2 heterocycles. The molecule has 2 aromatic carbocycles. The molecular weight excluding hydrogens is 507 g/mol. The van der Waals surface area contributed by atoms with E-state index in [4.69, 9.17) is 4.74 Å². The number of benzene rings is 2. The molecule has 4 rings (SSSR count). The third-order valence-corrected chi connectivity index (χ3v) is 6.52. The first-order chi connectivity index (χ1) is 17.5. The Morgan fingerprint density at radius 3 is 2.30 bits per heavy atom. The number of nitrogens with zero attached hydrogens (tertiary/aromatic N) is 2. The summed E-state index contributed by atoms with van der Waals surface area (Å²) >= 11 is 0.994. The van der Waals surface area contributed by atoms with Gasteiger partial charge in [0.05, 0.1) is 23.2 Å². The van der Waals surface area contributed by atoms with Crippen molar-refractivity contribution in [1.82, 2.24) is 9.78 Å². The first-order valence-electron chi connectivity index (χ1n) is 11.3. The summed E-state index contributed by atoms with van der Waals surface area (Å²) < 4.78 is 44.8. The Morgan fingerprint density at radius 2 is 1.73 bits per heavy atom. The maximum absolute atomic E-state index is 13.5. The maximum Gasteiger partial charge on any atom is 0.416 e. The lowest BCUT2D eigenvalue weighted by Crippen LogP contribution is -2.25. The van der Waals surface area contributed by atoms with Gasteiger partial charge < -0.3 is 10.1 Å². The Hall–Kier alpha value is -3.99. The van der Waals surface area contributed by atoms with Gasteiger partial charge in [0.25, 0.3) is 11.5 Å². The number of rotatable bonds is 6. The molecule has 37 heavy (non-hydrogen) atoms. The summed E-state index contributed by atoms with van der Waals surface area (Å²) in [5.74, 6) is -1.18. The van der Waals surface area contributed by atoms with Crippen LogP contribution in [0.3, 0.4) is 0 Å². The van der Waals surface area contributed by atoms with Gasteiger partial charge in [-0.3, -0.25) is 9.59 Å². The average Bonchev–Trinajstić information content (AvgIpc) is 3.28. The zero-order chi connectivity index (χ0) is 26.9. The molecule has 2 aromatic heterocycles. The van der Waals surface area contributed by atoms with Crippen LogP contribution in [0, 0.1) is 0 Å². The first-order valence-corrected chi connectivity index (χ1v) is 12.2. The third-order valence-electron chi connectivity index (χ3n) is 5.63. The fourth-order valence-corrected chi connectivity index (χ4v) is 4.59. The zero-order valence-electron chi connectivity index (χ0n) is 20.1. The van der Waals surface area contributed by atoms with Gasteiger partial charge in [0.15, 0.2) is 5.69 Å². The quantitative estimate of drug-likeness (QED) is 0.309. The van der Waals surface area contributed by atoms with Crippen molar-refractivity contribution in [3.63, 3.8) is 0 Å². The minimum atomic E-state index is -4.53. The summed E-state index contributed by atoms with van der Waals surface area (Å²) in [7, 11) is 0. The van der Waals surface area contributed by atoms with Gasteiger partial charge in [0.1, 0.15) is 5.00 Å². The molecule has 0 saturated carbocycles. The van der Waals surface area contributed by atoms with E-state index in [0.717, 1.165) is 45.8 Å². The molecule has 0 saturated heterocycles. The van der Waals surface area contributed by atoms with Crippen LogP contribution >= 0.6 is 11.3 Å². The summed E-state index contributed by atoms with van der Waals surface area (Å²) in [6.07, 6.45) is -4.53. The minimum absolute atomic E-state index is 0.0289. The van der Waals surface area contributed by atoms with Crippen LogP contribution in [-0.2, 0) is 10.9 Å². The normalized spacial score (nSPS) is 11.6. The molecule has 11 heteroatoms. The SMILES string of the molecule is CCOC(=O)c1nn(-c2ccc(C(C)C)cc2)c(=O)c2c(NC(=O)c3ccc(C(F)(F)F)cc3)scc12. The van der Waals surface area contributed by atoms with Crippen molar-refractivity contribution >= 4 is 39.0 Å². The molecule has 0 bridgehead atoms. The van der Waals surface area contributed by atoms with E-state index in [9.17, 15) is 27.6 Å². The van der Waals surface area contributed by atoms with Crippen molar-refractivity contribution in [2.75, 3.05) is 11.9 Å². The van der Waals surface area contributed by atoms with Crippen molar-refractivity contribution in [2.24, 2.45) is 0 Å². The number of ether oxygens (including phenoxy) is 1. The Kier molecular flexibility index (Phi) is 7.17. The van der Waals surface area contributed by atoms with E-state index in [1.165, 1.54) is 5.38 Å². The van der Waals surface area contributed by atoms with Crippen LogP contribution in [0.25, 0.3) is 16.5 Å². The van der Waals surface area contributed by atoms with Crippen molar-refractivity contribution in [2.45, 2.75) is 32.9 Å². The van der Waals surface area contributed by atoms with Crippen LogP contribution in [0.1, 0.15) is 58.7 Å². The summed E-state index contributed by atoms with van der Waals surface area (Å²) in [5.41, 5.74) is -0.141. The fraction of sp³-hybridized carbons (Fsp3) is 0.231. The Morgan fingerprint density at radius 1 is 1.08 bits per heavy atom. The number of carbonyl (C=O) groups excluding carboxylic acids is 2. The van der Waals surface area contributed by atoms with Gasteiger partial charge in [-0.15, -0.1) is 11.3 Å². The van der Waals surface area contributed by atoms with Gasteiger partial charge in [0, 0.05) is 16.3 Å². The van der Waals surface area contributed by atoms with Crippen LogP contribution in [0.15, 0.2) is 58.7 Å². The second-order valence-electron chi connectivity index (χ2n) is 8.42. The highest BCUT2D eigenvalue weighted by atomic mass is 32.1. The summed E-state index contributed by atoms with van der Waals surface area (Å²) in [5, 5.41) is 8.72. The monoisotopic (exact) mass is 529 g/mol. The molecule has 0 aliphatic heterocycles. The van der Waals surface area contributed by atoms with Gasteiger partial charge >= 0.3 is 12.1 Å². The number of fused-ring (bicyclic) bond motifs is 1. The zero-order valence-corrected chi connectivity index (χ0v) is 20.9. The predicted molar refractivity (Wildman–Crippen MR) is 135 cm³/mol. The van der Waals surface area contributed by atoms with E-state index in [-0.39, 0.29) is 39.6 Å². The van der Waals surface area contributed by atoms with Crippen LogP contribution < -0.4 is 10.9 Å². The highest BCUT2D eigenvalue weighted by Gasteiger charge is 2.30. The summed E-state index contributed by atoms with van der Waals surface area (Å²) in [6.45, 7) is 5.79. The van der Waals surface area contributed by atoms with Crippen molar-refractivity contribution < 1.29 is 27.5 Å². The van der Waals surface area contributed by atoms with E-state index in [2.05, 4.69) is 10.4 Å². The van der Waals surface area contributed by atoms with Crippen LogP contribution in [-0.4, -0.2) is 28.3 Å². The number of carbonyl (C=O) groups is 2. The molecule has 4 aromatic rings. The second kappa shape index (κ2) is 10.2. The van der Waals surface area contributed by atoms with Gasteiger partial charge in [0.2, 0.25) is 0 Å². The minimum Gasteiger partial charge on any atom is -0.461 e. The summed E-state index contributed by atoms with van der Waals surface area (Å²) in [6, 6.07) is 10.8. The molecule has 7 nitrogen and oxygen atoms in total. The number of halogens is 3. The van der Waals surface area contributed by atoms with Crippen molar-refractivity contribution in [3.05, 3.63) is 86.6 Å². The predicted octanol–water partition coefficient (Wildman–Crippen LogP) is 6.02. The van der Waals surface area contributed by atoms with Gasteiger partial charge in [-0.25, -0.2) is 4.79 Å². The van der Waals surface area contributed by atoms with Crippen molar-refractivity contribution in [1.29, 1.82) is 0 Å². The standard InChI is InChI=1S/C26H22F3N3O4S/c1-4-36-25(35)21-19-13-37-23(30-22(33)16-5-9-17(10-6-16)26(27,28)29)20(19)24(34)32(31-21)18-11-7-15(8-12-18)14(2)3/h5-14H,4H2,1-3H3,(H,30,33). The lowest BCUT2D eigenvalue weighted by molar-refractivity contribution is -0.137. The maximum atomic E-state index is 13.5. The van der Waals surface area contributed by atoms with Crippen LogP contribution in [0.5, 0.6) is 0 Å². The van der Waals surface area contributed by atoms with Crippen LogP contribution in [0.2, 0.25) is 0 Å². The number of amides is 1. The molecule has 0 atom stereocenters. The Balaban J connectivity index is 1.80. The molecule has 0 fully saturated rings.